The summed E-state index contributed by atoms with van der Waals surface area (Å²) in [6.07, 6.45) is -0.957. The summed E-state index contributed by atoms with van der Waals surface area (Å²) in [7, 11) is 0. The van der Waals surface area contributed by atoms with Crippen LogP contribution in [0.1, 0.15) is 10.5 Å². The van der Waals surface area contributed by atoms with Gasteiger partial charge in [0.2, 0.25) is 0 Å². The maximum atomic E-state index is 12.5. The van der Waals surface area contributed by atoms with Gasteiger partial charge in [-0.05, 0) is 24.3 Å². The first-order chi connectivity index (χ1) is 10.0. The zero-order valence-corrected chi connectivity index (χ0v) is 12.6. The van der Waals surface area contributed by atoms with Gasteiger partial charge in [0.15, 0.2) is 6.10 Å². The van der Waals surface area contributed by atoms with Gasteiger partial charge < -0.3 is 19.7 Å². The number of benzene rings is 1. The number of hydrogen-bond acceptors (Lipinski definition) is 3. The van der Waals surface area contributed by atoms with Gasteiger partial charge >= 0.3 is 5.97 Å². The minimum atomic E-state index is -1.05. The molecule has 1 aliphatic heterocycles. The van der Waals surface area contributed by atoms with Gasteiger partial charge in [0.1, 0.15) is 5.69 Å². The Morgan fingerprint density at radius 1 is 1.38 bits per heavy atom. The lowest BCUT2D eigenvalue weighted by Gasteiger charge is -2.30. The lowest BCUT2D eigenvalue weighted by Crippen LogP contribution is -2.48. The zero-order chi connectivity index (χ0) is 15.0. The normalized spacial score (nSPS) is 18.9. The van der Waals surface area contributed by atoms with Gasteiger partial charge in [-0.3, -0.25) is 4.79 Å². The van der Waals surface area contributed by atoms with Gasteiger partial charge in [-0.25, -0.2) is 4.79 Å². The van der Waals surface area contributed by atoms with Crippen molar-refractivity contribution >= 4 is 38.7 Å². The molecule has 7 heteroatoms. The molecule has 1 aromatic heterocycles. The van der Waals surface area contributed by atoms with Crippen molar-refractivity contribution in [3.63, 3.8) is 0 Å². The molecule has 0 spiro atoms. The number of hydrogen-bond donors (Lipinski definition) is 2. The van der Waals surface area contributed by atoms with Crippen LogP contribution in [0, 0.1) is 0 Å². The lowest BCUT2D eigenvalue weighted by molar-refractivity contribution is -0.154. The Bertz CT molecular complexity index is 712. The fourth-order valence-corrected chi connectivity index (χ4v) is 2.75. The number of carboxylic acid groups (broad SMARTS) is 1. The van der Waals surface area contributed by atoms with Gasteiger partial charge in [0.05, 0.1) is 13.2 Å². The minimum Gasteiger partial charge on any atom is -0.479 e. The molecule has 0 bridgehead atoms. The molecule has 0 radical (unpaired) electrons. The predicted octanol–water partition coefficient (Wildman–Crippen LogP) is 1.86. The van der Waals surface area contributed by atoms with Crippen LogP contribution >= 0.6 is 15.9 Å². The van der Waals surface area contributed by atoms with Crippen LogP contribution in [0.5, 0.6) is 0 Å². The first-order valence-electron chi connectivity index (χ1n) is 6.46. The molecule has 1 amide bonds. The molecule has 1 aromatic carbocycles. The summed E-state index contributed by atoms with van der Waals surface area (Å²) in [6.45, 7) is 0.684. The number of morpholine rings is 1. The number of aromatic nitrogens is 1. The fourth-order valence-electron chi connectivity index (χ4n) is 2.37. The van der Waals surface area contributed by atoms with Crippen LogP contribution in [0.4, 0.5) is 0 Å². The van der Waals surface area contributed by atoms with E-state index < -0.39 is 12.1 Å². The lowest BCUT2D eigenvalue weighted by atomic mass is 10.2. The molecule has 3 rings (SSSR count). The second kappa shape index (κ2) is 5.50. The minimum absolute atomic E-state index is 0.0627. The first-order valence-corrected chi connectivity index (χ1v) is 7.26. The average Bonchev–Trinajstić information content (AvgIpc) is 2.89. The van der Waals surface area contributed by atoms with Crippen LogP contribution in [-0.4, -0.2) is 52.7 Å². The van der Waals surface area contributed by atoms with Crippen molar-refractivity contribution in [1.82, 2.24) is 9.88 Å². The molecule has 1 saturated heterocycles. The number of nitrogens with zero attached hydrogens (tertiary/aromatic N) is 1. The Balaban J connectivity index is 1.84. The Kier molecular flexibility index (Phi) is 3.69. The molecular formula is C14H13BrN2O4. The topological polar surface area (TPSA) is 82.6 Å². The largest absolute Gasteiger partial charge is 0.479 e. The van der Waals surface area contributed by atoms with Crippen molar-refractivity contribution in [1.29, 1.82) is 0 Å². The third-order valence-electron chi connectivity index (χ3n) is 3.44. The van der Waals surface area contributed by atoms with Crippen molar-refractivity contribution in [2.75, 3.05) is 19.7 Å². The second-order valence-electron chi connectivity index (χ2n) is 4.86. The number of H-pyrrole nitrogens is 1. The van der Waals surface area contributed by atoms with E-state index in [2.05, 4.69) is 20.9 Å². The predicted molar refractivity (Wildman–Crippen MR) is 79.3 cm³/mol. The summed E-state index contributed by atoms with van der Waals surface area (Å²) < 4.78 is 6.06. The highest BCUT2D eigenvalue weighted by Gasteiger charge is 2.30. The molecule has 0 aliphatic carbocycles. The van der Waals surface area contributed by atoms with E-state index in [0.29, 0.717) is 12.2 Å². The molecule has 1 atom stereocenters. The number of nitrogens with one attached hydrogen (secondary N) is 1. The highest BCUT2D eigenvalue weighted by molar-refractivity contribution is 9.10. The summed E-state index contributed by atoms with van der Waals surface area (Å²) in [5.74, 6) is -1.26. The summed E-state index contributed by atoms with van der Waals surface area (Å²) >= 11 is 3.39. The molecule has 21 heavy (non-hydrogen) atoms. The number of carbonyl (C=O) groups excluding carboxylic acids is 1. The van der Waals surface area contributed by atoms with E-state index in [9.17, 15) is 9.59 Å². The van der Waals surface area contributed by atoms with E-state index >= 15 is 0 Å². The van der Waals surface area contributed by atoms with Gasteiger partial charge in [-0.2, -0.15) is 0 Å². The summed E-state index contributed by atoms with van der Waals surface area (Å²) in [4.78, 5) is 28.0. The molecule has 2 N–H and O–H groups in total. The number of aliphatic carboxylic acids is 1. The molecule has 0 unspecified atom stereocenters. The van der Waals surface area contributed by atoms with Crippen LogP contribution < -0.4 is 0 Å². The molecular weight excluding hydrogens is 340 g/mol. The van der Waals surface area contributed by atoms with E-state index in [1.807, 2.05) is 18.2 Å². The number of ether oxygens (including phenoxy) is 1. The Labute approximate surface area is 128 Å². The van der Waals surface area contributed by atoms with E-state index in [-0.39, 0.29) is 19.1 Å². The number of halogens is 1. The van der Waals surface area contributed by atoms with Crippen molar-refractivity contribution in [3.8, 4) is 0 Å². The third-order valence-corrected chi connectivity index (χ3v) is 3.94. The van der Waals surface area contributed by atoms with Gasteiger partial charge in [0, 0.05) is 21.9 Å². The van der Waals surface area contributed by atoms with Crippen molar-refractivity contribution in [2.24, 2.45) is 0 Å². The highest BCUT2D eigenvalue weighted by Crippen LogP contribution is 2.21. The monoisotopic (exact) mass is 352 g/mol. The van der Waals surface area contributed by atoms with Gasteiger partial charge in [0.25, 0.3) is 5.91 Å². The fraction of sp³-hybridized carbons (Fsp3) is 0.286. The van der Waals surface area contributed by atoms with E-state index in [1.165, 1.54) is 4.90 Å². The number of carboxylic acids is 1. The van der Waals surface area contributed by atoms with Crippen LogP contribution in [0.2, 0.25) is 0 Å². The Morgan fingerprint density at radius 3 is 2.95 bits per heavy atom. The second-order valence-corrected chi connectivity index (χ2v) is 5.78. The molecule has 0 saturated carbocycles. The van der Waals surface area contributed by atoms with Crippen molar-refractivity contribution < 1.29 is 19.4 Å². The summed E-state index contributed by atoms with van der Waals surface area (Å²) in [5, 5.41) is 9.90. The number of fused-ring (bicyclic) bond motifs is 1. The van der Waals surface area contributed by atoms with Crippen molar-refractivity contribution in [3.05, 3.63) is 34.4 Å². The molecule has 2 aromatic rings. The first kappa shape index (κ1) is 14.1. The Morgan fingerprint density at radius 2 is 2.19 bits per heavy atom. The van der Waals surface area contributed by atoms with E-state index in [1.54, 1.807) is 6.07 Å². The SMILES string of the molecule is O=C(O)[C@@H]1CN(C(=O)c2cc3cc(Br)ccc3[nH]2)CCO1. The summed E-state index contributed by atoms with van der Waals surface area (Å²) in [5.41, 5.74) is 1.32. The molecule has 1 aliphatic rings. The molecule has 6 nitrogen and oxygen atoms in total. The maximum Gasteiger partial charge on any atom is 0.334 e. The van der Waals surface area contributed by atoms with Crippen LogP contribution in [0.15, 0.2) is 28.7 Å². The van der Waals surface area contributed by atoms with E-state index in [4.69, 9.17) is 9.84 Å². The molecule has 110 valence electrons. The number of rotatable bonds is 2. The number of aromatic amines is 1. The number of amides is 1. The molecule has 2 heterocycles. The highest BCUT2D eigenvalue weighted by atomic mass is 79.9. The van der Waals surface area contributed by atoms with Crippen LogP contribution in [-0.2, 0) is 9.53 Å². The Hall–Kier alpha value is -1.86. The van der Waals surface area contributed by atoms with Crippen molar-refractivity contribution in [2.45, 2.75) is 6.10 Å². The standard InChI is InChI=1S/C14H13BrN2O4/c15-9-1-2-10-8(5-9)6-11(16-10)13(18)17-3-4-21-12(7-17)14(19)20/h1-2,5-6,12,16H,3-4,7H2,(H,19,20)/t12-/m0/s1. The molecule has 1 fully saturated rings. The smallest absolute Gasteiger partial charge is 0.334 e. The maximum absolute atomic E-state index is 12.5. The number of carbonyl (C=O) groups is 2. The van der Waals surface area contributed by atoms with E-state index in [0.717, 1.165) is 15.4 Å². The van der Waals surface area contributed by atoms with Crippen LogP contribution in [0.3, 0.4) is 0 Å². The van der Waals surface area contributed by atoms with Crippen LogP contribution in [0.25, 0.3) is 10.9 Å². The third kappa shape index (κ3) is 2.79. The summed E-state index contributed by atoms with van der Waals surface area (Å²) in [6, 6.07) is 7.47. The van der Waals surface area contributed by atoms with Gasteiger partial charge in [-0.1, -0.05) is 15.9 Å². The average molecular weight is 353 g/mol. The zero-order valence-electron chi connectivity index (χ0n) is 11.0. The quantitative estimate of drug-likeness (QED) is 0.863. The van der Waals surface area contributed by atoms with Gasteiger partial charge in [-0.15, -0.1) is 0 Å².